The van der Waals surface area contributed by atoms with Gasteiger partial charge in [-0.2, -0.15) is 4.31 Å². The Morgan fingerprint density at radius 2 is 1.92 bits per heavy atom. The lowest BCUT2D eigenvalue weighted by molar-refractivity contribution is 0.255. The van der Waals surface area contributed by atoms with Crippen LogP contribution < -0.4 is 0 Å². The van der Waals surface area contributed by atoms with Crippen molar-refractivity contribution in [3.63, 3.8) is 0 Å². The summed E-state index contributed by atoms with van der Waals surface area (Å²) < 4.78 is 28.0. The summed E-state index contributed by atoms with van der Waals surface area (Å²) in [5.41, 5.74) is 2.04. The lowest BCUT2D eigenvalue weighted by Crippen LogP contribution is -2.38. The van der Waals surface area contributed by atoms with Crippen LogP contribution in [-0.2, 0) is 10.0 Å². The molecule has 1 fully saturated rings. The van der Waals surface area contributed by atoms with Crippen molar-refractivity contribution in [3.05, 3.63) is 53.7 Å². The maximum Gasteiger partial charge on any atom is 0.243 e. The molecule has 1 aliphatic rings. The molecule has 0 radical (unpaired) electrons. The van der Waals surface area contributed by atoms with Gasteiger partial charge < -0.3 is 0 Å². The van der Waals surface area contributed by atoms with Crippen molar-refractivity contribution in [2.75, 3.05) is 12.3 Å². The second-order valence-electron chi connectivity index (χ2n) is 6.30. The molecule has 4 nitrogen and oxygen atoms in total. The fourth-order valence-electron chi connectivity index (χ4n) is 3.19. The van der Waals surface area contributed by atoms with E-state index >= 15 is 0 Å². The summed E-state index contributed by atoms with van der Waals surface area (Å²) in [5, 5.41) is 0.981. The van der Waals surface area contributed by atoms with Gasteiger partial charge in [0.15, 0.2) is 0 Å². The number of piperidine rings is 1. The van der Waals surface area contributed by atoms with E-state index in [-0.39, 0.29) is 6.04 Å². The fourth-order valence-corrected chi connectivity index (χ4v) is 5.46. The van der Waals surface area contributed by atoms with E-state index in [1.54, 1.807) is 28.2 Å². The van der Waals surface area contributed by atoms with Gasteiger partial charge in [0, 0.05) is 12.7 Å². The molecule has 0 N–H and O–H groups in total. The van der Waals surface area contributed by atoms with Crippen LogP contribution in [0.15, 0.2) is 52.5 Å². The highest BCUT2D eigenvalue weighted by Crippen LogP contribution is 2.35. The SMILES string of the molecule is CCSc1ccc(C2CCCCN2S(=O)(=O)c2ccc(C)cc2)cn1. The van der Waals surface area contributed by atoms with Gasteiger partial charge in [0.1, 0.15) is 0 Å². The lowest BCUT2D eigenvalue weighted by atomic mass is 9.99. The maximum absolute atomic E-state index is 13.2. The van der Waals surface area contributed by atoms with Crippen LogP contribution in [0.1, 0.15) is 43.4 Å². The Balaban J connectivity index is 1.91. The van der Waals surface area contributed by atoms with E-state index in [9.17, 15) is 8.42 Å². The number of thioether (sulfide) groups is 1. The molecule has 0 amide bonds. The monoisotopic (exact) mass is 376 g/mol. The molecule has 134 valence electrons. The van der Waals surface area contributed by atoms with E-state index in [0.717, 1.165) is 41.2 Å². The molecular weight excluding hydrogens is 352 g/mol. The lowest BCUT2D eigenvalue weighted by Gasteiger charge is -2.34. The molecule has 1 aromatic carbocycles. The van der Waals surface area contributed by atoms with Crippen molar-refractivity contribution in [2.24, 2.45) is 0 Å². The second kappa shape index (κ2) is 7.89. The summed E-state index contributed by atoms with van der Waals surface area (Å²) in [6.45, 7) is 4.62. The van der Waals surface area contributed by atoms with Gasteiger partial charge >= 0.3 is 0 Å². The minimum atomic E-state index is -3.50. The van der Waals surface area contributed by atoms with Gasteiger partial charge in [-0.05, 0) is 49.3 Å². The van der Waals surface area contributed by atoms with Crippen LogP contribution in [0, 0.1) is 6.92 Å². The predicted octanol–water partition coefficient (Wildman–Crippen LogP) is 4.42. The largest absolute Gasteiger partial charge is 0.250 e. The molecule has 2 heterocycles. The average molecular weight is 377 g/mol. The number of hydrogen-bond donors (Lipinski definition) is 0. The number of nitrogens with zero attached hydrogens (tertiary/aromatic N) is 2. The molecule has 3 rings (SSSR count). The number of aryl methyl sites for hydroxylation is 1. The van der Waals surface area contributed by atoms with Crippen LogP contribution in [-0.4, -0.2) is 30.0 Å². The number of hydrogen-bond acceptors (Lipinski definition) is 4. The number of pyridine rings is 1. The number of sulfonamides is 1. The fraction of sp³-hybridized carbons (Fsp3) is 0.421. The predicted molar refractivity (Wildman–Crippen MR) is 102 cm³/mol. The molecule has 1 atom stereocenters. The minimum absolute atomic E-state index is 0.131. The van der Waals surface area contributed by atoms with E-state index in [0.29, 0.717) is 11.4 Å². The van der Waals surface area contributed by atoms with Crippen LogP contribution in [0.4, 0.5) is 0 Å². The van der Waals surface area contributed by atoms with Crippen molar-refractivity contribution in [2.45, 2.75) is 49.1 Å². The first-order valence-corrected chi connectivity index (χ1v) is 11.1. The van der Waals surface area contributed by atoms with E-state index in [1.165, 1.54) is 0 Å². The third-order valence-corrected chi connectivity index (χ3v) is 7.27. The van der Waals surface area contributed by atoms with Crippen LogP contribution in [0.3, 0.4) is 0 Å². The van der Waals surface area contributed by atoms with Crippen LogP contribution >= 0.6 is 11.8 Å². The standard InChI is InChI=1S/C19H24N2O2S2/c1-3-24-19-12-9-16(14-20-19)18-6-4-5-13-21(18)25(22,23)17-10-7-15(2)8-11-17/h7-12,14,18H,3-6,13H2,1-2H3. The zero-order valence-electron chi connectivity index (χ0n) is 14.7. The highest BCUT2D eigenvalue weighted by Gasteiger charge is 2.34. The Kier molecular flexibility index (Phi) is 5.81. The number of aromatic nitrogens is 1. The van der Waals surface area contributed by atoms with Crippen molar-refractivity contribution >= 4 is 21.8 Å². The van der Waals surface area contributed by atoms with Crippen molar-refractivity contribution in [1.82, 2.24) is 9.29 Å². The van der Waals surface area contributed by atoms with Gasteiger partial charge in [-0.3, -0.25) is 0 Å². The van der Waals surface area contributed by atoms with Crippen molar-refractivity contribution in [3.8, 4) is 0 Å². The van der Waals surface area contributed by atoms with Crippen molar-refractivity contribution in [1.29, 1.82) is 0 Å². The molecule has 1 unspecified atom stereocenters. The van der Waals surface area contributed by atoms with Crippen LogP contribution in [0.25, 0.3) is 0 Å². The molecule has 0 bridgehead atoms. The summed E-state index contributed by atoms with van der Waals surface area (Å²) in [7, 11) is -3.50. The van der Waals surface area contributed by atoms with E-state index in [4.69, 9.17) is 0 Å². The average Bonchev–Trinajstić information content (AvgIpc) is 2.63. The number of rotatable bonds is 5. The van der Waals surface area contributed by atoms with Gasteiger partial charge in [0.05, 0.1) is 16.0 Å². The zero-order valence-corrected chi connectivity index (χ0v) is 16.3. The Morgan fingerprint density at radius 1 is 1.16 bits per heavy atom. The van der Waals surface area contributed by atoms with E-state index < -0.39 is 10.0 Å². The van der Waals surface area contributed by atoms with Gasteiger partial charge in [-0.1, -0.05) is 37.1 Å². The normalized spacial score (nSPS) is 19.0. The topological polar surface area (TPSA) is 50.3 Å². The number of benzene rings is 1. The molecule has 2 aromatic rings. The molecule has 6 heteroatoms. The third-order valence-electron chi connectivity index (χ3n) is 4.52. The van der Waals surface area contributed by atoms with Crippen LogP contribution in [0.5, 0.6) is 0 Å². The van der Waals surface area contributed by atoms with Gasteiger partial charge in [0.25, 0.3) is 0 Å². The Labute approximate surface area is 154 Å². The Hall–Kier alpha value is -1.37. The molecule has 1 aliphatic heterocycles. The summed E-state index contributed by atoms with van der Waals surface area (Å²) in [5.74, 6) is 0.976. The third kappa shape index (κ3) is 4.07. The van der Waals surface area contributed by atoms with Crippen LogP contribution in [0.2, 0.25) is 0 Å². The summed E-state index contributed by atoms with van der Waals surface area (Å²) in [6, 6.07) is 11.0. The Bertz CT molecular complexity index is 802. The molecule has 1 saturated heterocycles. The van der Waals surface area contributed by atoms with E-state index in [2.05, 4.69) is 11.9 Å². The van der Waals surface area contributed by atoms with Gasteiger partial charge in [-0.25, -0.2) is 13.4 Å². The quantitative estimate of drug-likeness (QED) is 0.725. The second-order valence-corrected chi connectivity index (χ2v) is 9.48. The first-order valence-electron chi connectivity index (χ1n) is 8.69. The minimum Gasteiger partial charge on any atom is -0.250 e. The highest BCUT2D eigenvalue weighted by atomic mass is 32.2. The first kappa shape index (κ1) is 18.4. The highest BCUT2D eigenvalue weighted by molar-refractivity contribution is 7.99. The molecule has 1 aromatic heterocycles. The Morgan fingerprint density at radius 3 is 2.56 bits per heavy atom. The zero-order chi connectivity index (χ0) is 17.9. The molecule has 0 saturated carbocycles. The molecule has 0 aliphatic carbocycles. The summed E-state index contributed by atoms with van der Waals surface area (Å²) in [4.78, 5) is 4.86. The van der Waals surface area contributed by atoms with Crippen molar-refractivity contribution < 1.29 is 8.42 Å². The molecular formula is C19H24N2O2S2. The van der Waals surface area contributed by atoms with Gasteiger partial charge in [0.2, 0.25) is 10.0 Å². The molecule has 25 heavy (non-hydrogen) atoms. The summed E-state index contributed by atoms with van der Waals surface area (Å²) >= 11 is 1.69. The van der Waals surface area contributed by atoms with E-state index in [1.807, 2.05) is 37.4 Å². The maximum atomic E-state index is 13.2. The molecule has 0 spiro atoms. The first-order chi connectivity index (χ1) is 12.0. The van der Waals surface area contributed by atoms with Gasteiger partial charge in [-0.15, -0.1) is 11.8 Å². The summed E-state index contributed by atoms with van der Waals surface area (Å²) in [6.07, 6.45) is 4.62. The smallest absolute Gasteiger partial charge is 0.243 e.